The molecule has 0 atom stereocenters. The van der Waals surface area contributed by atoms with E-state index in [-0.39, 0.29) is 0 Å². The van der Waals surface area contributed by atoms with Crippen LogP contribution in [0, 0.1) is 0 Å². The molecule has 0 aromatic heterocycles. The summed E-state index contributed by atoms with van der Waals surface area (Å²) in [5.74, 6) is -5.16. The summed E-state index contributed by atoms with van der Waals surface area (Å²) in [4.78, 5) is 10.6. The molecule has 6 heteroatoms. The Morgan fingerprint density at radius 3 is 1.62 bits per heavy atom. The Bertz CT molecular complexity index is 391. The summed E-state index contributed by atoms with van der Waals surface area (Å²) in [5, 5.41) is 0. The maximum absolute atomic E-state index is 13.1. The number of hydrogen-bond acceptors (Lipinski definition) is 1. The second kappa shape index (κ2) is 3.84. The fourth-order valence-electron chi connectivity index (χ4n) is 1.07. The van der Waals surface area contributed by atoms with E-state index >= 15 is 0 Å². The van der Waals surface area contributed by atoms with E-state index in [1.54, 1.807) is 0 Å². The molecule has 88 valence electrons. The van der Waals surface area contributed by atoms with Crippen molar-refractivity contribution in [3.63, 3.8) is 0 Å². The van der Waals surface area contributed by atoms with Gasteiger partial charge in [0.2, 0.25) is 5.78 Å². The fraction of sp³-hybridized carbons (Fsp3) is 0.300. The number of hydrogen-bond donors (Lipinski definition) is 0. The first-order chi connectivity index (χ1) is 7.15. The van der Waals surface area contributed by atoms with Crippen LogP contribution in [-0.2, 0) is 16.9 Å². The zero-order valence-electron chi connectivity index (χ0n) is 8.11. The van der Waals surface area contributed by atoms with Crippen LogP contribution >= 0.6 is 0 Å². The number of carbonyl (C=O) groups excluding carboxylic acids is 1. The van der Waals surface area contributed by atoms with Crippen LogP contribution in [0.4, 0.5) is 22.0 Å². The Hall–Kier alpha value is -1.46. The second-order valence-corrected chi connectivity index (χ2v) is 3.21. The normalized spacial score (nSPS) is 12.6. The fourth-order valence-corrected chi connectivity index (χ4v) is 1.07. The summed E-state index contributed by atoms with van der Waals surface area (Å²) >= 11 is 0. The molecule has 0 heterocycles. The Morgan fingerprint density at radius 1 is 0.938 bits per heavy atom. The SMILES string of the molecule is CC(=O)C(F)(F)c1ccc(C(F)(F)F)cc1. The summed E-state index contributed by atoms with van der Waals surface area (Å²) in [6, 6.07) is 2.24. The van der Waals surface area contributed by atoms with Gasteiger partial charge in [-0.1, -0.05) is 12.1 Å². The van der Waals surface area contributed by atoms with Crippen LogP contribution in [0.1, 0.15) is 18.1 Å². The molecule has 0 unspecified atom stereocenters. The third-order valence-corrected chi connectivity index (χ3v) is 2.02. The Labute approximate surface area is 87.9 Å². The highest BCUT2D eigenvalue weighted by atomic mass is 19.4. The van der Waals surface area contributed by atoms with Crippen molar-refractivity contribution in [2.75, 3.05) is 0 Å². The van der Waals surface area contributed by atoms with E-state index in [0.717, 1.165) is 0 Å². The van der Waals surface area contributed by atoms with Gasteiger partial charge in [0.25, 0.3) is 0 Å². The average molecular weight is 238 g/mol. The van der Waals surface area contributed by atoms with E-state index in [1.165, 1.54) is 0 Å². The van der Waals surface area contributed by atoms with Crippen LogP contribution in [-0.4, -0.2) is 5.78 Å². The predicted octanol–water partition coefficient (Wildman–Crippen LogP) is 3.39. The molecule has 0 radical (unpaired) electrons. The highest BCUT2D eigenvalue weighted by Gasteiger charge is 2.38. The standard InChI is InChI=1S/C10H7F5O/c1-6(16)9(11,12)7-2-4-8(5-3-7)10(13,14)15/h2-5H,1H3. The lowest BCUT2D eigenvalue weighted by Gasteiger charge is -2.14. The number of halogens is 5. The summed E-state index contributed by atoms with van der Waals surface area (Å²) in [5.41, 5.74) is -1.77. The molecule has 0 saturated carbocycles. The van der Waals surface area contributed by atoms with E-state index in [4.69, 9.17) is 0 Å². The van der Waals surface area contributed by atoms with Crippen molar-refractivity contribution in [2.45, 2.75) is 19.0 Å². The van der Waals surface area contributed by atoms with Gasteiger partial charge in [-0.05, 0) is 12.1 Å². The maximum Gasteiger partial charge on any atom is 0.416 e. The average Bonchev–Trinajstić information content (AvgIpc) is 2.16. The smallest absolute Gasteiger partial charge is 0.293 e. The molecule has 0 spiro atoms. The number of Topliss-reactive ketones (excluding diaryl/α,β-unsaturated/α-hetero) is 1. The molecule has 0 aliphatic carbocycles. The first-order valence-corrected chi connectivity index (χ1v) is 4.22. The van der Waals surface area contributed by atoms with E-state index in [9.17, 15) is 26.7 Å². The maximum atomic E-state index is 13.1. The first-order valence-electron chi connectivity index (χ1n) is 4.22. The summed E-state index contributed by atoms with van der Waals surface area (Å²) < 4.78 is 62.5. The molecule has 0 amide bonds. The van der Waals surface area contributed by atoms with E-state index in [0.29, 0.717) is 31.2 Å². The summed E-state index contributed by atoms with van der Waals surface area (Å²) in [6.07, 6.45) is -4.58. The van der Waals surface area contributed by atoms with Crippen molar-refractivity contribution in [1.29, 1.82) is 0 Å². The monoisotopic (exact) mass is 238 g/mol. The molecule has 1 aromatic carbocycles. The Balaban J connectivity index is 3.09. The molecule has 1 nitrogen and oxygen atoms in total. The molecule has 1 rings (SSSR count). The number of ketones is 1. The lowest BCUT2D eigenvalue weighted by Crippen LogP contribution is -2.23. The van der Waals surface area contributed by atoms with Gasteiger partial charge in [0.15, 0.2) is 0 Å². The van der Waals surface area contributed by atoms with E-state index in [2.05, 4.69) is 0 Å². The Kier molecular flexibility index (Phi) is 3.03. The minimum absolute atomic E-state index is 0.520. The van der Waals surface area contributed by atoms with E-state index < -0.39 is 29.0 Å². The van der Waals surface area contributed by atoms with Crippen LogP contribution in [0.5, 0.6) is 0 Å². The topological polar surface area (TPSA) is 17.1 Å². The van der Waals surface area contributed by atoms with Gasteiger partial charge in [-0.3, -0.25) is 4.79 Å². The molecular formula is C10H7F5O. The highest BCUT2D eigenvalue weighted by molar-refractivity contribution is 5.84. The third-order valence-electron chi connectivity index (χ3n) is 2.02. The lowest BCUT2D eigenvalue weighted by molar-refractivity contribution is -0.142. The number of carbonyl (C=O) groups is 1. The van der Waals surface area contributed by atoms with Gasteiger partial charge < -0.3 is 0 Å². The largest absolute Gasteiger partial charge is 0.416 e. The van der Waals surface area contributed by atoms with Crippen LogP contribution in [0.25, 0.3) is 0 Å². The van der Waals surface area contributed by atoms with E-state index in [1.807, 2.05) is 0 Å². The summed E-state index contributed by atoms with van der Waals surface area (Å²) in [6.45, 7) is 0.678. The zero-order valence-corrected chi connectivity index (χ0v) is 8.11. The highest BCUT2D eigenvalue weighted by Crippen LogP contribution is 2.33. The third kappa shape index (κ3) is 2.37. The predicted molar refractivity (Wildman–Crippen MR) is 46.0 cm³/mol. The van der Waals surface area contributed by atoms with Crippen molar-refractivity contribution < 1.29 is 26.7 Å². The van der Waals surface area contributed by atoms with Crippen molar-refractivity contribution in [2.24, 2.45) is 0 Å². The number of rotatable bonds is 2. The number of alkyl halides is 5. The van der Waals surface area contributed by atoms with Crippen molar-refractivity contribution in [1.82, 2.24) is 0 Å². The van der Waals surface area contributed by atoms with Crippen LogP contribution in [0.15, 0.2) is 24.3 Å². The van der Waals surface area contributed by atoms with Crippen molar-refractivity contribution in [3.8, 4) is 0 Å². The molecule has 0 aliphatic rings. The minimum Gasteiger partial charge on any atom is -0.293 e. The van der Waals surface area contributed by atoms with Crippen LogP contribution in [0.3, 0.4) is 0 Å². The first kappa shape index (κ1) is 12.6. The molecule has 0 N–H and O–H groups in total. The van der Waals surface area contributed by atoms with Crippen LogP contribution < -0.4 is 0 Å². The number of benzene rings is 1. The van der Waals surface area contributed by atoms with Gasteiger partial charge in [-0.2, -0.15) is 22.0 Å². The minimum atomic E-state index is -4.58. The Morgan fingerprint density at radius 2 is 1.31 bits per heavy atom. The molecule has 1 aromatic rings. The van der Waals surface area contributed by atoms with Gasteiger partial charge in [-0.25, -0.2) is 0 Å². The zero-order chi connectivity index (χ0) is 12.6. The van der Waals surface area contributed by atoms with Gasteiger partial charge in [0.05, 0.1) is 5.56 Å². The molecule has 0 aliphatic heterocycles. The quantitative estimate of drug-likeness (QED) is 0.722. The van der Waals surface area contributed by atoms with Crippen LogP contribution in [0.2, 0.25) is 0 Å². The van der Waals surface area contributed by atoms with Crippen molar-refractivity contribution in [3.05, 3.63) is 35.4 Å². The lowest BCUT2D eigenvalue weighted by atomic mass is 10.0. The van der Waals surface area contributed by atoms with Gasteiger partial charge >= 0.3 is 12.1 Å². The van der Waals surface area contributed by atoms with Gasteiger partial charge in [0.1, 0.15) is 0 Å². The summed E-state index contributed by atoms with van der Waals surface area (Å²) in [7, 11) is 0. The molecule has 0 fully saturated rings. The van der Waals surface area contributed by atoms with Gasteiger partial charge in [0, 0.05) is 12.5 Å². The van der Waals surface area contributed by atoms with Crippen molar-refractivity contribution >= 4 is 5.78 Å². The van der Waals surface area contributed by atoms with Gasteiger partial charge in [-0.15, -0.1) is 0 Å². The molecule has 0 bridgehead atoms. The molecular weight excluding hydrogens is 231 g/mol. The molecule has 0 saturated heterocycles. The second-order valence-electron chi connectivity index (χ2n) is 3.21. The molecule has 16 heavy (non-hydrogen) atoms.